The molecule has 1 fully saturated rings. The molecule has 0 spiro atoms. The van der Waals surface area contributed by atoms with Gasteiger partial charge in [-0.05, 0) is 40.0 Å². The Hall–Kier alpha value is -0.980. The number of nitrogens with one attached hydrogen (secondary N) is 1. The summed E-state index contributed by atoms with van der Waals surface area (Å²) in [5.74, 6) is 0. The van der Waals surface area contributed by atoms with Crippen LogP contribution in [0.15, 0.2) is 0 Å². The fourth-order valence-corrected chi connectivity index (χ4v) is 2.67. The van der Waals surface area contributed by atoms with E-state index in [0.717, 1.165) is 19.3 Å². The SMILES string of the molecule is CC(C)(C)OC(=O)NC1(CC(N)C(F)(F)F)CCCCC1. The number of amides is 1. The summed E-state index contributed by atoms with van der Waals surface area (Å²) in [5, 5.41) is 2.65. The van der Waals surface area contributed by atoms with Crippen LogP contribution in [-0.4, -0.2) is 29.5 Å². The van der Waals surface area contributed by atoms with Crippen LogP contribution < -0.4 is 11.1 Å². The van der Waals surface area contributed by atoms with E-state index in [-0.39, 0.29) is 6.42 Å². The van der Waals surface area contributed by atoms with Crippen LogP contribution in [-0.2, 0) is 4.74 Å². The van der Waals surface area contributed by atoms with Gasteiger partial charge in [-0.1, -0.05) is 19.3 Å². The van der Waals surface area contributed by atoms with E-state index in [9.17, 15) is 18.0 Å². The molecule has 1 aliphatic rings. The zero-order valence-corrected chi connectivity index (χ0v) is 12.8. The van der Waals surface area contributed by atoms with Crippen molar-refractivity contribution < 1.29 is 22.7 Å². The Morgan fingerprint density at radius 3 is 2.19 bits per heavy atom. The average molecular weight is 310 g/mol. The van der Waals surface area contributed by atoms with E-state index >= 15 is 0 Å². The molecular formula is C14H25F3N2O2. The van der Waals surface area contributed by atoms with Crippen molar-refractivity contribution in [2.24, 2.45) is 5.73 Å². The molecule has 0 saturated heterocycles. The molecule has 1 amide bonds. The Morgan fingerprint density at radius 1 is 1.24 bits per heavy atom. The van der Waals surface area contributed by atoms with E-state index < -0.39 is 29.5 Å². The van der Waals surface area contributed by atoms with E-state index in [0.29, 0.717) is 12.8 Å². The number of ether oxygens (including phenoxy) is 1. The van der Waals surface area contributed by atoms with E-state index in [1.807, 2.05) is 0 Å². The summed E-state index contributed by atoms with van der Waals surface area (Å²) in [4.78, 5) is 11.9. The molecule has 0 aliphatic heterocycles. The predicted molar refractivity (Wildman–Crippen MR) is 73.8 cm³/mol. The van der Waals surface area contributed by atoms with Crippen molar-refractivity contribution >= 4 is 6.09 Å². The molecule has 0 radical (unpaired) electrons. The summed E-state index contributed by atoms with van der Waals surface area (Å²) >= 11 is 0. The van der Waals surface area contributed by atoms with E-state index in [4.69, 9.17) is 10.5 Å². The van der Waals surface area contributed by atoms with Gasteiger partial charge in [0, 0.05) is 5.54 Å². The lowest BCUT2D eigenvalue weighted by atomic mass is 9.77. The molecule has 3 N–H and O–H groups in total. The molecule has 1 saturated carbocycles. The monoisotopic (exact) mass is 310 g/mol. The Morgan fingerprint density at radius 2 is 1.76 bits per heavy atom. The number of nitrogens with two attached hydrogens (primary N) is 1. The van der Waals surface area contributed by atoms with Crippen LogP contribution in [0, 0.1) is 0 Å². The first kappa shape index (κ1) is 18.1. The van der Waals surface area contributed by atoms with E-state index in [1.165, 1.54) is 0 Å². The van der Waals surface area contributed by atoms with Gasteiger partial charge < -0.3 is 15.8 Å². The van der Waals surface area contributed by atoms with Crippen LogP contribution in [0.2, 0.25) is 0 Å². The van der Waals surface area contributed by atoms with Crippen LogP contribution >= 0.6 is 0 Å². The van der Waals surface area contributed by atoms with E-state index in [2.05, 4.69) is 5.32 Å². The fraction of sp³-hybridized carbons (Fsp3) is 0.929. The number of carbonyl (C=O) groups is 1. The normalized spacial score (nSPS) is 20.7. The van der Waals surface area contributed by atoms with Crippen LogP contribution in [0.3, 0.4) is 0 Å². The summed E-state index contributed by atoms with van der Waals surface area (Å²) < 4.78 is 43.3. The fourth-order valence-electron chi connectivity index (χ4n) is 2.67. The predicted octanol–water partition coefficient (Wildman–Crippen LogP) is 3.49. The maximum atomic E-state index is 12.7. The van der Waals surface area contributed by atoms with Gasteiger partial charge in [0.25, 0.3) is 0 Å². The maximum absolute atomic E-state index is 12.7. The van der Waals surface area contributed by atoms with Gasteiger partial charge in [-0.15, -0.1) is 0 Å². The van der Waals surface area contributed by atoms with Crippen LogP contribution in [0.25, 0.3) is 0 Å². The molecule has 0 aromatic rings. The Labute approximate surface area is 123 Å². The van der Waals surface area contributed by atoms with Crippen molar-refractivity contribution in [2.75, 3.05) is 0 Å². The maximum Gasteiger partial charge on any atom is 0.408 e. The molecule has 0 aromatic heterocycles. The molecule has 0 heterocycles. The molecule has 1 aliphatic carbocycles. The quantitative estimate of drug-likeness (QED) is 0.838. The lowest BCUT2D eigenvalue weighted by molar-refractivity contribution is -0.153. The Balaban J connectivity index is 2.77. The highest BCUT2D eigenvalue weighted by molar-refractivity contribution is 5.68. The number of rotatable bonds is 3. The highest BCUT2D eigenvalue weighted by Gasteiger charge is 2.44. The van der Waals surface area contributed by atoms with Gasteiger partial charge in [-0.3, -0.25) is 0 Å². The lowest BCUT2D eigenvalue weighted by Gasteiger charge is -2.40. The Bertz CT molecular complexity index is 358. The second-order valence-corrected chi connectivity index (χ2v) is 6.82. The summed E-state index contributed by atoms with van der Waals surface area (Å²) in [6.45, 7) is 5.13. The van der Waals surface area contributed by atoms with Gasteiger partial charge in [0.05, 0.1) is 0 Å². The molecule has 124 valence electrons. The minimum absolute atomic E-state index is 0.310. The van der Waals surface area contributed by atoms with Crippen molar-refractivity contribution in [2.45, 2.75) is 82.7 Å². The van der Waals surface area contributed by atoms with Crippen molar-refractivity contribution in [3.8, 4) is 0 Å². The first-order valence-electron chi connectivity index (χ1n) is 7.27. The average Bonchev–Trinajstić information content (AvgIpc) is 2.25. The highest BCUT2D eigenvalue weighted by atomic mass is 19.4. The molecule has 1 unspecified atom stereocenters. The number of carbonyl (C=O) groups excluding carboxylic acids is 1. The molecule has 0 bridgehead atoms. The van der Waals surface area contributed by atoms with Gasteiger partial charge in [0.15, 0.2) is 0 Å². The van der Waals surface area contributed by atoms with Gasteiger partial charge in [-0.25, -0.2) is 4.79 Å². The van der Waals surface area contributed by atoms with Crippen LogP contribution in [0.5, 0.6) is 0 Å². The largest absolute Gasteiger partial charge is 0.444 e. The molecule has 0 aromatic carbocycles. The molecule has 1 atom stereocenters. The Kier molecular flexibility index (Phi) is 5.52. The third kappa shape index (κ3) is 6.11. The second-order valence-electron chi connectivity index (χ2n) is 6.82. The summed E-state index contributed by atoms with van der Waals surface area (Å²) in [7, 11) is 0. The first-order chi connectivity index (χ1) is 9.44. The smallest absolute Gasteiger partial charge is 0.408 e. The molecule has 7 heteroatoms. The van der Waals surface area contributed by atoms with Gasteiger partial charge in [-0.2, -0.15) is 13.2 Å². The highest BCUT2D eigenvalue weighted by Crippen LogP contribution is 2.35. The first-order valence-corrected chi connectivity index (χ1v) is 7.27. The summed E-state index contributed by atoms with van der Waals surface area (Å²) in [6, 6.07) is -1.94. The van der Waals surface area contributed by atoms with Gasteiger partial charge >= 0.3 is 12.3 Å². The topological polar surface area (TPSA) is 64.3 Å². The number of alkyl carbamates (subject to hydrolysis) is 1. The number of halogens is 3. The third-order valence-corrected chi connectivity index (χ3v) is 3.61. The minimum Gasteiger partial charge on any atom is -0.444 e. The van der Waals surface area contributed by atoms with Crippen molar-refractivity contribution in [3.05, 3.63) is 0 Å². The molecule has 4 nitrogen and oxygen atoms in total. The molecule has 21 heavy (non-hydrogen) atoms. The molecule has 1 rings (SSSR count). The lowest BCUT2D eigenvalue weighted by Crippen LogP contribution is -2.56. The zero-order chi connectivity index (χ0) is 16.3. The summed E-state index contributed by atoms with van der Waals surface area (Å²) in [6.07, 6.45) is -1.94. The number of hydrogen-bond acceptors (Lipinski definition) is 3. The summed E-state index contributed by atoms with van der Waals surface area (Å²) in [5.41, 5.74) is 3.64. The van der Waals surface area contributed by atoms with Gasteiger partial charge in [0.2, 0.25) is 0 Å². The van der Waals surface area contributed by atoms with Crippen molar-refractivity contribution in [3.63, 3.8) is 0 Å². The molecular weight excluding hydrogens is 285 g/mol. The van der Waals surface area contributed by atoms with E-state index in [1.54, 1.807) is 20.8 Å². The van der Waals surface area contributed by atoms with Crippen molar-refractivity contribution in [1.29, 1.82) is 0 Å². The number of hydrogen-bond donors (Lipinski definition) is 2. The standard InChI is InChI=1S/C14H25F3N2O2/c1-12(2,3)21-11(20)19-13(7-5-4-6-8-13)9-10(18)14(15,16)17/h10H,4-9,18H2,1-3H3,(H,19,20). The third-order valence-electron chi connectivity index (χ3n) is 3.61. The minimum atomic E-state index is -4.46. The zero-order valence-electron chi connectivity index (χ0n) is 12.8. The van der Waals surface area contributed by atoms with Crippen LogP contribution in [0.1, 0.15) is 59.3 Å². The van der Waals surface area contributed by atoms with Gasteiger partial charge in [0.1, 0.15) is 11.6 Å². The van der Waals surface area contributed by atoms with Crippen LogP contribution in [0.4, 0.5) is 18.0 Å². The second kappa shape index (κ2) is 6.42. The van der Waals surface area contributed by atoms with Crippen molar-refractivity contribution in [1.82, 2.24) is 5.32 Å². The number of alkyl halides is 3.